The molecule has 0 radical (unpaired) electrons. The fraction of sp³-hybridized carbons (Fsp3) is 0.185. The van der Waals surface area contributed by atoms with Gasteiger partial charge in [-0.2, -0.15) is 0 Å². The van der Waals surface area contributed by atoms with Gasteiger partial charge in [0.05, 0.1) is 6.07 Å². The third-order valence-electron chi connectivity index (χ3n) is 5.68. The van der Waals surface area contributed by atoms with Crippen LogP contribution in [-0.4, -0.2) is 18.1 Å². The van der Waals surface area contributed by atoms with E-state index >= 15 is 0 Å². The van der Waals surface area contributed by atoms with E-state index in [1.54, 1.807) is 11.8 Å². The van der Waals surface area contributed by atoms with Crippen LogP contribution in [0.2, 0.25) is 0 Å². The molecule has 2 aliphatic rings. The van der Waals surface area contributed by atoms with Crippen LogP contribution >= 0.6 is 11.8 Å². The SMILES string of the molecule is CC[N+](CC)=c1ccc2nc3c(cc(Sc4cccc(C)c4)c4ccccc43)oc-2c1. The van der Waals surface area contributed by atoms with Gasteiger partial charge in [0.1, 0.15) is 24.3 Å². The molecule has 1 heterocycles. The molecule has 3 aromatic rings. The Balaban J connectivity index is 1.77. The molecule has 0 amide bonds. The van der Waals surface area contributed by atoms with Crippen LogP contribution in [0.15, 0.2) is 87.0 Å². The van der Waals surface area contributed by atoms with Crippen LogP contribution < -0.4 is 9.93 Å². The summed E-state index contributed by atoms with van der Waals surface area (Å²) in [4.78, 5) is 7.40. The van der Waals surface area contributed by atoms with Crippen molar-refractivity contribution >= 4 is 33.6 Å². The first-order valence-corrected chi connectivity index (χ1v) is 11.6. The predicted molar refractivity (Wildman–Crippen MR) is 130 cm³/mol. The van der Waals surface area contributed by atoms with Crippen LogP contribution in [0.5, 0.6) is 0 Å². The Morgan fingerprint density at radius 1 is 0.871 bits per heavy atom. The number of benzene rings is 4. The molecule has 31 heavy (non-hydrogen) atoms. The molecule has 0 bridgehead atoms. The number of fused-ring (bicyclic) bond motifs is 4. The fourth-order valence-corrected chi connectivity index (χ4v) is 5.19. The summed E-state index contributed by atoms with van der Waals surface area (Å²) in [7, 11) is 0. The molecule has 1 aliphatic heterocycles. The average Bonchev–Trinajstić information content (AvgIpc) is 2.79. The highest BCUT2D eigenvalue weighted by atomic mass is 32.2. The predicted octanol–water partition coefficient (Wildman–Crippen LogP) is 6.36. The maximum absolute atomic E-state index is 6.43. The lowest BCUT2D eigenvalue weighted by Crippen LogP contribution is -2.29. The van der Waals surface area contributed by atoms with Crippen LogP contribution in [-0.2, 0) is 0 Å². The molecule has 1 aliphatic carbocycles. The largest absolute Gasteiger partial charge is 0.452 e. The number of rotatable bonds is 4. The zero-order chi connectivity index (χ0) is 21.4. The Bertz CT molecular complexity index is 1450. The lowest BCUT2D eigenvalue weighted by Gasteiger charge is -2.12. The van der Waals surface area contributed by atoms with Gasteiger partial charge in [0.15, 0.2) is 11.3 Å². The quantitative estimate of drug-likeness (QED) is 0.191. The van der Waals surface area contributed by atoms with Crippen LogP contribution in [0, 0.1) is 6.92 Å². The van der Waals surface area contributed by atoms with Crippen molar-refractivity contribution in [2.45, 2.75) is 30.6 Å². The summed E-state index contributed by atoms with van der Waals surface area (Å²) in [6.45, 7) is 8.39. The van der Waals surface area contributed by atoms with Gasteiger partial charge in [0.2, 0.25) is 5.36 Å². The maximum atomic E-state index is 6.43. The van der Waals surface area contributed by atoms with E-state index in [4.69, 9.17) is 9.40 Å². The summed E-state index contributed by atoms with van der Waals surface area (Å²) in [5, 5.41) is 3.48. The van der Waals surface area contributed by atoms with Gasteiger partial charge in [0, 0.05) is 21.2 Å². The molecule has 3 aromatic carbocycles. The van der Waals surface area contributed by atoms with Gasteiger partial charge in [-0.1, -0.05) is 53.7 Å². The number of hydrogen-bond acceptors (Lipinski definition) is 3. The number of aryl methyl sites for hydroxylation is 1. The Morgan fingerprint density at radius 2 is 1.68 bits per heavy atom. The van der Waals surface area contributed by atoms with Crippen molar-refractivity contribution < 1.29 is 4.42 Å². The fourth-order valence-electron chi connectivity index (χ4n) is 4.09. The highest BCUT2D eigenvalue weighted by Gasteiger charge is 2.16. The first-order chi connectivity index (χ1) is 15.2. The first-order valence-electron chi connectivity index (χ1n) is 10.7. The van der Waals surface area contributed by atoms with Gasteiger partial charge in [-0.05, 0) is 50.4 Å². The van der Waals surface area contributed by atoms with Crippen molar-refractivity contribution in [3.63, 3.8) is 0 Å². The molecule has 0 N–H and O–H groups in total. The van der Waals surface area contributed by atoms with Gasteiger partial charge in [-0.15, -0.1) is 0 Å². The zero-order valence-corrected chi connectivity index (χ0v) is 18.9. The van der Waals surface area contributed by atoms with E-state index in [-0.39, 0.29) is 0 Å². The van der Waals surface area contributed by atoms with Crippen LogP contribution in [0.25, 0.3) is 33.3 Å². The Kier molecular flexibility index (Phi) is 5.24. The van der Waals surface area contributed by atoms with Crippen molar-refractivity contribution in [1.82, 2.24) is 9.56 Å². The average molecular weight is 426 g/mol. The third kappa shape index (κ3) is 3.72. The monoisotopic (exact) mass is 425 g/mol. The van der Waals surface area contributed by atoms with Gasteiger partial charge in [-0.3, -0.25) is 0 Å². The first kappa shape index (κ1) is 19.8. The third-order valence-corrected chi connectivity index (χ3v) is 6.73. The standard InChI is InChI=1S/C27H25N2OS/c1-4-29(5-2)19-13-14-23-24(16-19)30-25-17-26(31-20-10-8-9-18(3)15-20)21-11-6-7-12-22(21)27(25)28-23/h6-17H,4-5H2,1-3H3/q+1. The van der Waals surface area contributed by atoms with E-state index in [1.165, 1.54) is 20.7 Å². The molecular formula is C27H25N2OS+. The topological polar surface area (TPSA) is 29.0 Å². The molecule has 0 saturated carbocycles. The highest BCUT2D eigenvalue weighted by Crippen LogP contribution is 2.38. The molecule has 0 spiro atoms. The minimum absolute atomic E-state index is 0.818. The Labute approximate surface area is 186 Å². The Morgan fingerprint density at radius 3 is 2.45 bits per heavy atom. The minimum Gasteiger partial charge on any atom is -0.452 e. The van der Waals surface area contributed by atoms with Crippen molar-refractivity contribution in [2.24, 2.45) is 0 Å². The van der Waals surface area contributed by atoms with Crippen molar-refractivity contribution in [1.29, 1.82) is 0 Å². The van der Waals surface area contributed by atoms with E-state index in [2.05, 4.69) is 98.1 Å². The Hall–Kier alpha value is -3.11. The molecule has 0 fully saturated rings. The van der Waals surface area contributed by atoms with Crippen molar-refractivity contribution in [3.05, 3.63) is 83.7 Å². The molecule has 0 atom stereocenters. The van der Waals surface area contributed by atoms with Gasteiger partial charge in [0.25, 0.3) is 0 Å². The summed E-state index contributed by atoms with van der Waals surface area (Å²) in [6, 6.07) is 25.5. The summed E-state index contributed by atoms with van der Waals surface area (Å²) in [5.74, 6) is 0.818. The molecule has 154 valence electrons. The second-order valence-corrected chi connectivity index (χ2v) is 8.84. The van der Waals surface area contributed by atoms with Crippen molar-refractivity contribution in [3.8, 4) is 11.5 Å². The normalized spacial score (nSPS) is 11.5. The summed E-state index contributed by atoms with van der Waals surface area (Å²) < 4.78 is 8.75. The number of nitrogens with zero attached hydrogens (tertiary/aromatic N) is 2. The molecule has 0 saturated heterocycles. The van der Waals surface area contributed by atoms with Crippen LogP contribution in [0.4, 0.5) is 0 Å². The molecule has 3 nitrogen and oxygen atoms in total. The second kappa shape index (κ2) is 8.20. The maximum Gasteiger partial charge on any atom is 0.203 e. The summed E-state index contributed by atoms with van der Waals surface area (Å²) >= 11 is 1.77. The van der Waals surface area contributed by atoms with E-state index in [1.807, 2.05) is 0 Å². The van der Waals surface area contributed by atoms with E-state index in [0.29, 0.717) is 0 Å². The molecule has 0 aromatic heterocycles. The molecule has 4 heteroatoms. The highest BCUT2D eigenvalue weighted by molar-refractivity contribution is 7.99. The van der Waals surface area contributed by atoms with Crippen molar-refractivity contribution in [2.75, 3.05) is 13.1 Å². The smallest absolute Gasteiger partial charge is 0.203 e. The minimum atomic E-state index is 0.818. The second-order valence-electron chi connectivity index (χ2n) is 7.72. The zero-order valence-electron chi connectivity index (χ0n) is 18.1. The van der Waals surface area contributed by atoms with Gasteiger partial charge < -0.3 is 4.42 Å². The molecule has 0 unspecified atom stereocenters. The summed E-state index contributed by atoms with van der Waals surface area (Å²) in [5.41, 5.74) is 3.87. The summed E-state index contributed by atoms with van der Waals surface area (Å²) in [6.07, 6.45) is 0. The van der Waals surface area contributed by atoms with E-state index in [9.17, 15) is 0 Å². The molecule has 5 rings (SSSR count). The lowest BCUT2D eigenvalue weighted by molar-refractivity contribution is 0.600. The van der Waals surface area contributed by atoms with E-state index < -0.39 is 0 Å². The van der Waals surface area contributed by atoms with Crippen LogP contribution in [0.1, 0.15) is 19.4 Å². The van der Waals surface area contributed by atoms with E-state index in [0.717, 1.165) is 46.4 Å². The van der Waals surface area contributed by atoms with Crippen LogP contribution in [0.3, 0.4) is 0 Å². The molecular weight excluding hydrogens is 400 g/mol. The number of hydrogen-bond donors (Lipinski definition) is 0. The number of aromatic nitrogens is 1. The van der Waals surface area contributed by atoms with Gasteiger partial charge in [-0.25, -0.2) is 9.56 Å². The lowest BCUT2D eigenvalue weighted by atomic mass is 10.1. The van der Waals surface area contributed by atoms with Gasteiger partial charge >= 0.3 is 0 Å².